The van der Waals surface area contributed by atoms with Crippen molar-refractivity contribution in [3.63, 3.8) is 0 Å². The smallest absolute Gasteiger partial charge is 0.329 e. The van der Waals surface area contributed by atoms with Crippen molar-refractivity contribution in [2.45, 2.75) is 44.7 Å². The normalized spacial score (nSPS) is 25.2. The molecule has 9 heteroatoms. The van der Waals surface area contributed by atoms with Gasteiger partial charge in [0.1, 0.15) is 17.7 Å². The fraction of sp³-hybridized carbons (Fsp3) is 0.526. The molecule has 3 rings (SSSR count). The maximum absolute atomic E-state index is 14.0. The molecular weight excluding hydrogens is 370 g/mol. The Bertz CT molecular complexity index is 788. The number of nitrogens with one attached hydrogen (secondary N) is 1. The van der Waals surface area contributed by atoms with Gasteiger partial charge in [0, 0.05) is 31.6 Å². The highest BCUT2D eigenvalue weighted by Gasteiger charge is 2.40. The van der Waals surface area contributed by atoms with Crippen LogP contribution in [0.3, 0.4) is 0 Å². The van der Waals surface area contributed by atoms with Gasteiger partial charge in [-0.05, 0) is 37.3 Å². The molecule has 0 bridgehead atoms. The maximum Gasteiger partial charge on any atom is 0.329 e. The summed E-state index contributed by atoms with van der Waals surface area (Å²) in [6.45, 7) is 3.13. The van der Waals surface area contributed by atoms with E-state index in [9.17, 15) is 23.2 Å². The lowest BCUT2D eigenvalue weighted by atomic mass is 9.92. The number of rotatable bonds is 5. The average Bonchev–Trinajstić information content (AvgIpc) is 2.93. The zero-order valence-corrected chi connectivity index (χ0v) is 15.7. The second-order valence-corrected chi connectivity index (χ2v) is 7.42. The Morgan fingerprint density at radius 2 is 2.07 bits per heavy atom. The van der Waals surface area contributed by atoms with Crippen molar-refractivity contribution in [1.29, 1.82) is 0 Å². The monoisotopic (exact) mass is 394 g/mol. The average molecular weight is 394 g/mol. The Balaban J connectivity index is 1.63. The number of anilines is 1. The van der Waals surface area contributed by atoms with Gasteiger partial charge in [-0.2, -0.15) is 0 Å². The van der Waals surface area contributed by atoms with Crippen LogP contribution in [0.1, 0.15) is 32.6 Å². The van der Waals surface area contributed by atoms with Crippen LogP contribution in [0, 0.1) is 17.6 Å². The molecule has 1 aromatic carbocycles. The number of likely N-dealkylation sites (tertiary alicyclic amines) is 1. The van der Waals surface area contributed by atoms with E-state index in [2.05, 4.69) is 12.2 Å². The first-order chi connectivity index (χ1) is 13.3. The second-order valence-electron chi connectivity index (χ2n) is 7.42. The third kappa shape index (κ3) is 3.99. The molecule has 28 heavy (non-hydrogen) atoms. The molecule has 1 aromatic rings. The zero-order chi connectivity index (χ0) is 20.4. The van der Waals surface area contributed by atoms with Gasteiger partial charge in [-0.25, -0.2) is 18.5 Å². The zero-order valence-electron chi connectivity index (χ0n) is 15.7. The number of carbonyl (C=O) groups is 3. The van der Waals surface area contributed by atoms with Crippen LogP contribution in [0.25, 0.3) is 0 Å². The minimum Gasteiger partial charge on any atom is -0.338 e. The highest BCUT2D eigenvalue weighted by molar-refractivity contribution is 6.21. The number of nitrogens with zero attached hydrogens (tertiary/aromatic N) is 2. The summed E-state index contributed by atoms with van der Waals surface area (Å²) in [6, 6.07) is 0.878. The first-order valence-electron chi connectivity index (χ1n) is 9.40. The molecule has 2 saturated heterocycles. The Morgan fingerprint density at radius 1 is 1.32 bits per heavy atom. The van der Waals surface area contributed by atoms with Crippen molar-refractivity contribution in [3.8, 4) is 0 Å². The van der Waals surface area contributed by atoms with Crippen LogP contribution in [0.5, 0.6) is 0 Å². The van der Waals surface area contributed by atoms with E-state index in [1.54, 1.807) is 4.90 Å². The lowest BCUT2D eigenvalue weighted by molar-refractivity contribution is -0.135. The Kier molecular flexibility index (Phi) is 5.93. The predicted octanol–water partition coefficient (Wildman–Crippen LogP) is 1.76. The molecule has 0 aromatic heterocycles. The van der Waals surface area contributed by atoms with Crippen LogP contribution in [-0.4, -0.2) is 47.9 Å². The van der Waals surface area contributed by atoms with E-state index in [1.807, 2.05) is 0 Å². The molecule has 2 aliphatic heterocycles. The Labute approximate surface area is 161 Å². The molecule has 3 unspecified atom stereocenters. The van der Waals surface area contributed by atoms with Crippen LogP contribution in [0.15, 0.2) is 18.2 Å². The van der Waals surface area contributed by atoms with Crippen LogP contribution in [-0.2, 0) is 9.59 Å². The number of hydrogen-bond acceptors (Lipinski definition) is 4. The van der Waals surface area contributed by atoms with E-state index >= 15 is 0 Å². The number of imide groups is 1. The highest BCUT2D eigenvalue weighted by Crippen LogP contribution is 2.26. The molecule has 0 spiro atoms. The van der Waals surface area contributed by atoms with Crippen molar-refractivity contribution >= 4 is 23.5 Å². The summed E-state index contributed by atoms with van der Waals surface area (Å²) in [5.74, 6) is -2.08. The van der Waals surface area contributed by atoms with Crippen molar-refractivity contribution < 1.29 is 23.2 Å². The van der Waals surface area contributed by atoms with Crippen molar-refractivity contribution in [2.75, 3.05) is 18.0 Å². The molecule has 0 radical (unpaired) electrons. The number of halogens is 2. The lowest BCUT2D eigenvalue weighted by Gasteiger charge is -2.38. The first kappa shape index (κ1) is 20.2. The Morgan fingerprint density at radius 3 is 2.75 bits per heavy atom. The third-order valence-electron chi connectivity index (χ3n) is 5.39. The lowest BCUT2D eigenvalue weighted by Crippen LogP contribution is -2.49. The summed E-state index contributed by atoms with van der Waals surface area (Å²) in [5.41, 5.74) is 5.47. The second kappa shape index (κ2) is 8.22. The summed E-state index contributed by atoms with van der Waals surface area (Å²) < 4.78 is 27.0. The van der Waals surface area contributed by atoms with Crippen LogP contribution in [0.2, 0.25) is 0 Å². The molecule has 2 fully saturated rings. The number of carbonyl (C=O) groups excluding carboxylic acids is 3. The molecule has 7 nitrogen and oxygen atoms in total. The topological polar surface area (TPSA) is 95.7 Å². The van der Waals surface area contributed by atoms with Crippen LogP contribution >= 0.6 is 0 Å². The van der Waals surface area contributed by atoms with Crippen molar-refractivity contribution in [2.24, 2.45) is 11.7 Å². The number of hydrogen-bond donors (Lipinski definition) is 2. The SMILES string of the molecule is CC1CCN(C(=O)CCC2NC(=O)N(c3ccc(F)cc3F)C2=O)C(CN)C1. The minimum atomic E-state index is -1.01. The standard InChI is InChI=1S/C19H24F2N4O3/c1-11-6-7-24(13(8-11)10-22)17(26)5-3-15-18(27)25(19(28)23-15)16-4-2-12(20)9-14(16)21/h2,4,9,11,13,15H,3,5-8,10,22H2,1H3,(H,23,28). The number of nitrogens with two attached hydrogens (primary N) is 1. The molecule has 152 valence electrons. The quantitative estimate of drug-likeness (QED) is 0.744. The number of urea groups is 1. The van der Waals surface area contributed by atoms with Crippen molar-refractivity contribution in [3.05, 3.63) is 29.8 Å². The first-order valence-corrected chi connectivity index (χ1v) is 9.40. The molecule has 3 N–H and O–H groups in total. The van der Waals surface area contributed by atoms with Crippen LogP contribution in [0.4, 0.5) is 19.3 Å². The summed E-state index contributed by atoms with van der Waals surface area (Å²) >= 11 is 0. The largest absolute Gasteiger partial charge is 0.338 e. The molecule has 0 saturated carbocycles. The third-order valence-corrected chi connectivity index (χ3v) is 5.39. The van der Waals surface area contributed by atoms with Crippen LogP contribution < -0.4 is 16.0 Å². The van der Waals surface area contributed by atoms with E-state index in [4.69, 9.17) is 5.73 Å². The minimum absolute atomic E-state index is 0.0186. The van der Waals surface area contributed by atoms with Gasteiger partial charge in [0.05, 0.1) is 5.69 Å². The maximum atomic E-state index is 14.0. The van der Waals surface area contributed by atoms with Gasteiger partial charge in [-0.15, -0.1) is 0 Å². The fourth-order valence-electron chi connectivity index (χ4n) is 3.83. The van der Waals surface area contributed by atoms with Gasteiger partial charge in [0.2, 0.25) is 5.91 Å². The molecule has 3 atom stereocenters. The molecule has 2 heterocycles. The van der Waals surface area contributed by atoms with Gasteiger partial charge in [0.25, 0.3) is 5.91 Å². The number of amides is 4. The van der Waals surface area contributed by atoms with E-state index in [1.165, 1.54) is 0 Å². The summed E-state index contributed by atoms with van der Waals surface area (Å²) in [7, 11) is 0. The molecule has 4 amide bonds. The van der Waals surface area contributed by atoms with Gasteiger partial charge in [0.15, 0.2) is 0 Å². The highest BCUT2D eigenvalue weighted by atomic mass is 19.1. The van der Waals surface area contributed by atoms with Crippen molar-refractivity contribution in [1.82, 2.24) is 10.2 Å². The molecule has 2 aliphatic rings. The fourth-order valence-corrected chi connectivity index (χ4v) is 3.83. The molecule has 0 aliphatic carbocycles. The number of piperidine rings is 1. The van der Waals surface area contributed by atoms with E-state index < -0.39 is 29.6 Å². The summed E-state index contributed by atoms with van der Waals surface area (Å²) in [6.07, 6.45) is 1.92. The van der Waals surface area contributed by atoms with E-state index in [0.29, 0.717) is 30.0 Å². The Hall–Kier alpha value is -2.55. The van der Waals surface area contributed by atoms with Gasteiger partial charge in [-0.1, -0.05) is 6.92 Å². The van der Waals surface area contributed by atoms with Gasteiger partial charge < -0.3 is 16.0 Å². The van der Waals surface area contributed by atoms with E-state index in [-0.39, 0.29) is 30.5 Å². The van der Waals surface area contributed by atoms with Gasteiger partial charge in [-0.3, -0.25) is 9.59 Å². The van der Waals surface area contributed by atoms with Gasteiger partial charge >= 0.3 is 6.03 Å². The summed E-state index contributed by atoms with van der Waals surface area (Å²) in [5, 5.41) is 2.47. The molecular formula is C19H24F2N4O3. The number of benzene rings is 1. The summed E-state index contributed by atoms with van der Waals surface area (Å²) in [4.78, 5) is 39.7. The predicted molar refractivity (Wildman–Crippen MR) is 98.4 cm³/mol. The van der Waals surface area contributed by atoms with E-state index in [0.717, 1.165) is 25.0 Å².